The molecule has 1 aliphatic rings. The van der Waals surface area contributed by atoms with Gasteiger partial charge in [-0.1, -0.05) is 48.2 Å². The summed E-state index contributed by atoms with van der Waals surface area (Å²) < 4.78 is 2.01. The number of rotatable bonds is 6. The Labute approximate surface area is 172 Å². The molecule has 4 rings (SSSR count). The van der Waals surface area contributed by atoms with Crippen LogP contribution in [0, 0.1) is 0 Å². The normalized spacial score (nSPS) is 14.2. The Bertz CT molecular complexity index is 1000. The van der Waals surface area contributed by atoms with Gasteiger partial charge in [0.1, 0.15) is 5.82 Å². The van der Waals surface area contributed by atoms with Gasteiger partial charge in [-0.3, -0.25) is 14.7 Å². The van der Waals surface area contributed by atoms with Crippen LogP contribution in [-0.2, 0) is 4.79 Å². The molecule has 0 spiro atoms. The average Bonchev–Trinajstić information content (AvgIpc) is 3.49. The minimum atomic E-state index is -0.558. The second kappa shape index (κ2) is 8.48. The number of hydrogen-bond donors (Lipinski definition) is 2. The highest BCUT2D eigenvalue weighted by atomic mass is 32.2. The zero-order valence-corrected chi connectivity index (χ0v) is 16.7. The first-order chi connectivity index (χ1) is 14.1. The fourth-order valence-corrected chi connectivity index (χ4v) is 3.77. The van der Waals surface area contributed by atoms with E-state index in [1.807, 2.05) is 53.1 Å². The molecule has 0 bridgehead atoms. The van der Waals surface area contributed by atoms with Crippen LogP contribution >= 0.6 is 11.8 Å². The first-order valence-electron chi connectivity index (χ1n) is 9.46. The largest absolute Gasteiger partial charge is 0.325 e. The van der Waals surface area contributed by atoms with Gasteiger partial charge in [0.05, 0.1) is 5.25 Å². The predicted molar refractivity (Wildman–Crippen MR) is 112 cm³/mol. The van der Waals surface area contributed by atoms with Crippen molar-refractivity contribution in [3.05, 3.63) is 66.5 Å². The number of carbonyl (C=O) groups excluding carboxylic acids is 2. The van der Waals surface area contributed by atoms with Gasteiger partial charge < -0.3 is 5.32 Å². The van der Waals surface area contributed by atoms with Gasteiger partial charge in [0.25, 0.3) is 0 Å². The Hall–Kier alpha value is -3.13. The third-order valence-corrected chi connectivity index (χ3v) is 5.58. The van der Waals surface area contributed by atoms with Gasteiger partial charge in [-0.2, -0.15) is 0 Å². The molecule has 29 heavy (non-hydrogen) atoms. The summed E-state index contributed by atoms with van der Waals surface area (Å²) in [5.74, 6) is 0.949. The molecule has 1 aromatic heterocycles. The van der Waals surface area contributed by atoms with Crippen molar-refractivity contribution >= 4 is 29.4 Å². The first kappa shape index (κ1) is 19.2. The highest BCUT2D eigenvalue weighted by Gasteiger charge is 2.32. The van der Waals surface area contributed by atoms with Crippen molar-refractivity contribution in [2.24, 2.45) is 0 Å². The molecule has 2 aromatic carbocycles. The zero-order valence-electron chi connectivity index (χ0n) is 15.9. The van der Waals surface area contributed by atoms with Crippen molar-refractivity contribution in [2.45, 2.75) is 36.1 Å². The maximum Gasteiger partial charge on any atom is 0.325 e. The lowest BCUT2D eigenvalue weighted by Gasteiger charge is -2.13. The number of nitrogens with zero attached hydrogens (tertiary/aromatic N) is 3. The number of para-hydroxylation sites is 2. The molecule has 1 fully saturated rings. The second-order valence-corrected chi connectivity index (χ2v) is 8.16. The molecular weight excluding hydrogens is 386 g/mol. The molecule has 3 aromatic rings. The van der Waals surface area contributed by atoms with Crippen LogP contribution in [0.4, 0.5) is 10.5 Å². The van der Waals surface area contributed by atoms with E-state index in [4.69, 9.17) is 0 Å². The summed E-state index contributed by atoms with van der Waals surface area (Å²) in [4.78, 5) is 24.6. The minimum Gasteiger partial charge on any atom is -0.308 e. The van der Waals surface area contributed by atoms with Crippen LogP contribution in [0.1, 0.15) is 31.5 Å². The molecule has 1 atom stereocenters. The zero-order chi connectivity index (χ0) is 20.2. The van der Waals surface area contributed by atoms with E-state index in [0.29, 0.717) is 16.8 Å². The summed E-state index contributed by atoms with van der Waals surface area (Å²) in [6.45, 7) is 1.75. The highest BCUT2D eigenvalue weighted by molar-refractivity contribution is 8.00. The number of imide groups is 1. The van der Waals surface area contributed by atoms with Crippen molar-refractivity contribution in [1.82, 2.24) is 20.1 Å². The van der Waals surface area contributed by atoms with E-state index in [-0.39, 0.29) is 5.91 Å². The van der Waals surface area contributed by atoms with Crippen molar-refractivity contribution in [1.29, 1.82) is 0 Å². The van der Waals surface area contributed by atoms with Gasteiger partial charge in [0.15, 0.2) is 5.16 Å². The van der Waals surface area contributed by atoms with E-state index in [9.17, 15) is 9.59 Å². The smallest absolute Gasteiger partial charge is 0.308 e. The summed E-state index contributed by atoms with van der Waals surface area (Å²) in [6, 6.07) is 18.3. The molecule has 3 amide bonds. The molecule has 1 heterocycles. The first-order valence-corrected chi connectivity index (χ1v) is 10.3. The molecule has 1 saturated carbocycles. The van der Waals surface area contributed by atoms with Crippen molar-refractivity contribution in [2.75, 3.05) is 5.32 Å². The molecular formula is C21H21N5O2S. The number of nitrogens with one attached hydrogen (secondary N) is 2. The van der Waals surface area contributed by atoms with Crippen LogP contribution in [0.5, 0.6) is 0 Å². The minimum absolute atomic E-state index is 0.390. The fourth-order valence-electron chi connectivity index (χ4n) is 2.89. The van der Waals surface area contributed by atoms with E-state index in [0.717, 1.165) is 24.4 Å². The summed E-state index contributed by atoms with van der Waals surface area (Å²) in [5.41, 5.74) is 1.59. The Morgan fingerprint density at radius 2 is 1.69 bits per heavy atom. The third-order valence-electron chi connectivity index (χ3n) is 4.54. The molecule has 1 aliphatic carbocycles. The van der Waals surface area contributed by atoms with Crippen molar-refractivity contribution < 1.29 is 9.59 Å². The maximum atomic E-state index is 12.5. The number of hydrogen-bond acceptors (Lipinski definition) is 5. The van der Waals surface area contributed by atoms with Gasteiger partial charge in [-0.05, 0) is 44.0 Å². The number of thioether (sulfide) groups is 1. The monoisotopic (exact) mass is 407 g/mol. The quantitative estimate of drug-likeness (QED) is 0.604. The molecule has 0 radical (unpaired) electrons. The third kappa shape index (κ3) is 4.65. The Morgan fingerprint density at radius 1 is 1.03 bits per heavy atom. The molecule has 0 saturated heterocycles. The van der Waals surface area contributed by atoms with Crippen LogP contribution in [0.3, 0.4) is 0 Å². The van der Waals surface area contributed by atoms with Crippen LogP contribution in [0.25, 0.3) is 5.69 Å². The number of anilines is 1. The fraction of sp³-hybridized carbons (Fsp3) is 0.238. The van der Waals surface area contributed by atoms with Crippen LogP contribution in [0.2, 0.25) is 0 Å². The lowest BCUT2D eigenvalue weighted by Crippen LogP contribution is -2.38. The second-order valence-electron chi connectivity index (χ2n) is 6.86. The van der Waals surface area contributed by atoms with Crippen molar-refractivity contribution in [3.63, 3.8) is 0 Å². The van der Waals surface area contributed by atoms with E-state index in [1.54, 1.807) is 19.1 Å². The molecule has 2 N–H and O–H groups in total. The molecule has 0 aliphatic heterocycles. The lowest BCUT2D eigenvalue weighted by molar-refractivity contribution is -0.119. The van der Waals surface area contributed by atoms with E-state index in [2.05, 4.69) is 20.8 Å². The standard InChI is InChI=1S/C21H21N5O2S/c1-14(19(27)23-20(28)22-16-8-4-2-5-9-16)29-21-25-24-18(15-12-13-15)26(21)17-10-6-3-7-11-17/h2-11,14-15H,12-13H2,1H3,(H2,22,23,27,28). The molecule has 148 valence electrons. The van der Waals surface area contributed by atoms with Gasteiger partial charge in [-0.25, -0.2) is 4.79 Å². The lowest BCUT2D eigenvalue weighted by atomic mass is 10.3. The van der Waals surface area contributed by atoms with Crippen LogP contribution < -0.4 is 10.6 Å². The summed E-state index contributed by atoms with van der Waals surface area (Å²) in [6.07, 6.45) is 2.21. The highest BCUT2D eigenvalue weighted by Crippen LogP contribution is 2.41. The number of amides is 3. The maximum absolute atomic E-state index is 12.5. The summed E-state index contributed by atoms with van der Waals surface area (Å²) in [7, 11) is 0. The Balaban J connectivity index is 1.45. The number of urea groups is 1. The molecule has 7 nitrogen and oxygen atoms in total. The Morgan fingerprint density at radius 3 is 2.34 bits per heavy atom. The van der Waals surface area contributed by atoms with E-state index in [1.165, 1.54) is 11.8 Å². The van der Waals surface area contributed by atoms with Gasteiger partial charge in [-0.15, -0.1) is 10.2 Å². The number of carbonyl (C=O) groups is 2. The van der Waals surface area contributed by atoms with Crippen LogP contribution in [-0.4, -0.2) is 32.0 Å². The van der Waals surface area contributed by atoms with Crippen LogP contribution in [0.15, 0.2) is 65.8 Å². The average molecular weight is 407 g/mol. The Kier molecular flexibility index (Phi) is 5.62. The topological polar surface area (TPSA) is 88.9 Å². The molecule has 1 unspecified atom stereocenters. The van der Waals surface area contributed by atoms with E-state index >= 15 is 0 Å². The summed E-state index contributed by atoms with van der Waals surface area (Å²) in [5, 5.41) is 13.8. The summed E-state index contributed by atoms with van der Waals surface area (Å²) >= 11 is 1.28. The number of benzene rings is 2. The van der Waals surface area contributed by atoms with Gasteiger partial charge in [0.2, 0.25) is 5.91 Å². The number of aromatic nitrogens is 3. The van der Waals surface area contributed by atoms with Gasteiger partial charge >= 0.3 is 6.03 Å². The molecule has 8 heteroatoms. The van der Waals surface area contributed by atoms with Gasteiger partial charge in [0, 0.05) is 17.3 Å². The SMILES string of the molecule is CC(Sc1nnc(C2CC2)n1-c1ccccc1)C(=O)NC(=O)Nc1ccccc1. The predicted octanol–water partition coefficient (Wildman–Crippen LogP) is 3.97. The van der Waals surface area contributed by atoms with E-state index < -0.39 is 11.3 Å². The van der Waals surface area contributed by atoms with Crippen molar-refractivity contribution in [3.8, 4) is 5.69 Å².